The Morgan fingerprint density at radius 1 is 1.36 bits per heavy atom. The summed E-state index contributed by atoms with van der Waals surface area (Å²) >= 11 is 0. The summed E-state index contributed by atoms with van der Waals surface area (Å²) in [5.74, 6) is -0.0115. The molecule has 118 valence electrons. The standard InChI is InChI=1S/C14H13F3N2O3/c15-14(16,17)11(20)5-10-6-12(21)22-13(19-10)9-3-1-8(7-18)2-4-9/h1-4,10-12,20-21H,5-6H2. The Hall–Kier alpha value is -2.11. The fourth-order valence-electron chi connectivity index (χ4n) is 2.03. The largest absolute Gasteiger partial charge is 0.448 e. The van der Waals surface area contributed by atoms with Crippen LogP contribution in [0.1, 0.15) is 24.0 Å². The van der Waals surface area contributed by atoms with Gasteiger partial charge in [0, 0.05) is 18.4 Å². The second-order valence-electron chi connectivity index (χ2n) is 4.88. The van der Waals surface area contributed by atoms with E-state index in [2.05, 4.69) is 4.99 Å². The molecule has 0 amide bonds. The van der Waals surface area contributed by atoms with Gasteiger partial charge in [0.2, 0.25) is 12.2 Å². The van der Waals surface area contributed by atoms with E-state index in [1.165, 1.54) is 24.3 Å². The van der Waals surface area contributed by atoms with Crippen molar-refractivity contribution in [2.45, 2.75) is 37.5 Å². The maximum atomic E-state index is 12.4. The molecule has 2 N–H and O–H groups in total. The topological polar surface area (TPSA) is 85.8 Å². The van der Waals surface area contributed by atoms with Gasteiger partial charge in [-0.3, -0.25) is 0 Å². The van der Waals surface area contributed by atoms with Crippen molar-refractivity contribution in [1.82, 2.24) is 0 Å². The molecule has 0 radical (unpaired) electrons. The molecular formula is C14H13F3N2O3. The average molecular weight is 314 g/mol. The zero-order valence-electron chi connectivity index (χ0n) is 11.3. The van der Waals surface area contributed by atoms with Crippen LogP contribution in [-0.2, 0) is 4.74 Å². The van der Waals surface area contributed by atoms with Gasteiger partial charge in [-0.2, -0.15) is 18.4 Å². The minimum absolute atomic E-state index is 0.0115. The summed E-state index contributed by atoms with van der Waals surface area (Å²) in [6.45, 7) is 0. The minimum atomic E-state index is -4.73. The Labute approximate surface area is 124 Å². The van der Waals surface area contributed by atoms with Gasteiger partial charge < -0.3 is 14.9 Å². The number of hydrogen-bond acceptors (Lipinski definition) is 5. The van der Waals surface area contributed by atoms with Crippen LogP contribution in [0.5, 0.6) is 0 Å². The zero-order chi connectivity index (χ0) is 16.3. The summed E-state index contributed by atoms with van der Waals surface area (Å²) in [7, 11) is 0. The Bertz CT molecular complexity index is 593. The van der Waals surface area contributed by atoms with Crippen LogP contribution in [0.3, 0.4) is 0 Å². The van der Waals surface area contributed by atoms with Crippen molar-refractivity contribution >= 4 is 5.90 Å². The third kappa shape index (κ3) is 3.96. The number of benzene rings is 1. The number of nitriles is 1. The number of rotatable bonds is 3. The van der Waals surface area contributed by atoms with Gasteiger partial charge >= 0.3 is 6.18 Å². The molecule has 0 saturated heterocycles. The first-order chi connectivity index (χ1) is 10.3. The molecule has 1 aromatic carbocycles. The third-order valence-electron chi connectivity index (χ3n) is 3.16. The Balaban J connectivity index is 2.18. The molecule has 1 aliphatic heterocycles. The van der Waals surface area contributed by atoms with Gasteiger partial charge in [0.1, 0.15) is 0 Å². The molecule has 1 heterocycles. The number of halogens is 3. The molecule has 0 bridgehead atoms. The minimum Gasteiger partial charge on any atom is -0.448 e. The average Bonchev–Trinajstić information content (AvgIpc) is 2.45. The maximum absolute atomic E-state index is 12.4. The van der Waals surface area contributed by atoms with Gasteiger partial charge in [0.25, 0.3) is 0 Å². The molecule has 0 spiro atoms. The van der Waals surface area contributed by atoms with E-state index in [-0.39, 0.29) is 12.3 Å². The molecule has 0 saturated carbocycles. The van der Waals surface area contributed by atoms with Gasteiger partial charge in [-0.25, -0.2) is 4.99 Å². The highest BCUT2D eigenvalue weighted by atomic mass is 19.4. The molecule has 3 atom stereocenters. The molecule has 2 rings (SSSR count). The van der Waals surface area contributed by atoms with Crippen LogP contribution in [0, 0.1) is 11.3 Å². The smallest absolute Gasteiger partial charge is 0.414 e. The number of alkyl halides is 3. The van der Waals surface area contributed by atoms with Crippen LogP contribution in [0.15, 0.2) is 29.3 Å². The van der Waals surface area contributed by atoms with Crippen molar-refractivity contribution < 1.29 is 28.1 Å². The van der Waals surface area contributed by atoms with Gasteiger partial charge in [-0.05, 0) is 24.3 Å². The fraction of sp³-hybridized carbons (Fsp3) is 0.429. The molecule has 1 aromatic rings. The summed E-state index contributed by atoms with van der Waals surface area (Å²) in [5, 5.41) is 27.4. The lowest BCUT2D eigenvalue weighted by Crippen LogP contribution is -2.36. The van der Waals surface area contributed by atoms with Crippen molar-refractivity contribution in [3.05, 3.63) is 35.4 Å². The Morgan fingerprint density at radius 3 is 2.55 bits per heavy atom. The highest BCUT2D eigenvalue weighted by molar-refractivity contribution is 5.94. The van der Waals surface area contributed by atoms with Crippen molar-refractivity contribution in [1.29, 1.82) is 5.26 Å². The molecule has 0 aromatic heterocycles. The molecule has 5 nitrogen and oxygen atoms in total. The molecule has 0 aliphatic carbocycles. The number of ether oxygens (including phenoxy) is 1. The lowest BCUT2D eigenvalue weighted by molar-refractivity contribution is -0.207. The van der Waals surface area contributed by atoms with Crippen LogP contribution in [0.4, 0.5) is 13.2 Å². The first-order valence-electron chi connectivity index (χ1n) is 6.47. The van der Waals surface area contributed by atoms with Gasteiger partial charge in [-0.1, -0.05) is 0 Å². The van der Waals surface area contributed by atoms with Crippen LogP contribution >= 0.6 is 0 Å². The maximum Gasteiger partial charge on any atom is 0.414 e. The first-order valence-corrected chi connectivity index (χ1v) is 6.47. The second kappa shape index (κ2) is 6.34. The van der Waals surface area contributed by atoms with E-state index in [4.69, 9.17) is 15.1 Å². The number of hydrogen-bond donors (Lipinski definition) is 2. The number of aliphatic hydroxyl groups excluding tert-OH is 2. The molecular weight excluding hydrogens is 301 g/mol. The monoisotopic (exact) mass is 314 g/mol. The number of aliphatic hydroxyl groups is 2. The number of aliphatic imine (C=N–C) groups is 1. The fourth-order valence-corrected chi connectivity index (χ4v) is 2.03. The highest BCUT2D eigenvalue weighted by Crippen LogP contribution is 2.27. The molecule has 22 heavy (non-hydrogen) atoms. The third-order valence-corrected chi connectivity index (χ3v) is 3.16. The lowest BCUT2D eigenvalue weighted by Gasteiger charge is -2.27. The van der Waals surface area contributed by atoms with Crippen LogP contribution in [0.25, 0.3) is 0 Å². The molecule has 3 unspecified atom stereocenters. The Morgan fingerprint density at radius 2 is 2.00 bits per heavy atom. The van der Waals surface area contributed by atoms with E-state index >= 15 is 0 Å². The quantitative estimate of drug-likeness (QED) is 0.889. The normalized spacial score (nSPS) is 23.2. The van der Waals surface area contributed by atoms with E-state index in [1.54, 1.807) is 0 Å². The Kier molecular flexibility index (Phi) is 4.68. The van der Waals surface area contributed by atoms with Gasteiger partial charge in [-0.15, -0.1) is 0 Å². The summed E-state index contributed by atoms with van der Waals surface area (Å²) < 4.78 is 42.2. The second-order valence-corrected chi connectivity index (χ2v) is 4.88. The molecule has 1 aliphatic rings. The van der Waals surface area contributed by atoms with E-state index < -0.39 is 31.0 Å². The van der Waals surface area contributed by atoms with Crippen LogP contribution < -0.4 is 0 Å². The summed E-state index contributed by atoms with van der Waals surface area (Å²) in [5.41, 5.74) is 0.842. The lowest BCUT2D eigenvalue weighted by atomic mass is 10.0. The first kappa shape index (κ1) is 16.3. The molecule has 0 fully saturated rings. The number of nitrogens with zero attached hydrogens (tertiary/aromatic N) is 2. The summed E-state index contributed by atoms with van der Waals surface area (Å²) in [4.78, 5) is 4.00. The summed E-state index contributed by atoms with van der Waals surface area (Å²) in [6, 6.07) is 7.06. The van der Waals surface area contributed by atoms with E-state index in [1.807, 2.05) is 6.07 Å². The van der Waals surface area contributed by atoms with Crippen molar-refractivity contribution in [3.8, 4) is 6.07 Å². The zero-order valence-corrected chi connectivity index (χ0v) is 11.3. The van der Waals surface area contributed by atoms with E-state index in [9.17, 15) is 18.3 Å². The SMILES string of the molecule is N#Cc1ccc(C2=NC(CC(O)C(F)(F)F)CC(O)O2)cc1. The van der Waals surface area contributed by atoms with E-state index in [0.717, 1.165) is 0 Å². The van der Waals surface area contributed by atoms with E-state index in [0.29, 0.717) is 11.1 Å². The van der Waals surface area contributed by atoms with Gasteiger partial charge in [0.15, 0.2) is 6.10 Å². The van der Waals surface area contributed by atoms with Crippen LogP contribution in [0.2, 0.25) is 0 Å². The van der Waals surface area contributed by atoms with Crippen LogP contribution in [-0.4, -0.2) is 40.7 Å². The predicted molar refractivity (Wildman–Crippen MR) is 69.9 cm³/mol. The van der Waals surface area contributed by atoms with Crippen molar-refractivity contribution in [3.63, 3.8) is 0 Å². The van der Waals surface area contributed by atoms with Crippen molar-refractivity contribution in [2.24, 2.45) is 4.99 Å². The van der Waals surface area contributed by atoms with Gasteiger partial charge in [0.05, 0.1) is 17.7 Å². The summed E-state index contributed by atoms with van der Waals surface area (Å²) in [6.07, 6.45) is -9.31. The predicted octanol–water partition coefficient (Wildman–Crippen LogP) is 1.73. The van der Waals surface area contributed by atoms with Crippen molar-refractivity contribution in [2.75, 3.05) is 0 Å². The highest BCUT2D eigenvalue weighted by Gasteiger charge is 2.40. The molecule has 8 heteroatoms.